The normalized spacial score (nSPS) is 24.4. The van der Waals surface area contributed by atoms with Gasteiger partial charge in [0.1, 0.15) is 0 Å². The maximum absolute atomic E-state index is 12.0. The Bertz CT molecular complexity index is 609. The number of amides is 1. The van der Waals surface area contributed by atoms with Gasteiger partial charge in [0.05, 0.1) is 11.6 Å². The van der Waals surface area contributed by atoms with Crippen molar-refractivity contribution >= 4 is 5.91 Å². The Morgan fingerprint density at radius 2 is 1.96 bits per heavy atom. The van der Waals surface area contributed by atoms with Crippen LogP contribution in [0.1, 0.15) is 29.8 Å². The van der Waals surface area contributed by atoms with E-state index in [1.165, 1.54) is 11.3 Å². The lowest BCUT2D eigenvalue weighted by atomic mass is 10.0. The first-order valence-electron chi connectivity index (χ1n) is 9.28. The molecule has 25 heavy (non-hydrogen) atoms. The monoisotopic (exact) mass is 349 g/mol. The van der Waals surface area contributed by atoms with Crippen molar-refractivity contribution in [2.24, 2.45) is 18.7 Å². The number of hydrogen-bond acceptors (Lipinski definition) is 5. The molecule has 1 aromatic heterocycles. The summed E-state index contributed by atoms with van der Waals surface area (Å²) in [6.45, 7) is 10.1. The second-order valence-corrected chi connectivity index (χ2v) is 7.45. The fourth-order valence-corrected chi connectivity index (χ4v) is 4.08. The van der Waals surface area contributed by atoms with Crippen molar-refractivity contribution in [3.63, 3.8) is 0 Å². The summed E-state index contributed by atoms with van der Waals surface area (Å²) in [6.07, 6.45) is 2.10. The van der Waals surface area contributed by atoms with Crippen molar-refractivity contribution in [2.45, 2.75) is 39.3 Å². The quantitative estimate of drug-likeness (QED) is 0.853. The number of nitrogens with zero attached hydrogens (tertiary/aromatic N) is 4. The molecular formula is C18H31N5O2. The third kappa shape index (κ3) is 4.22. The SMILES string of the molecule is Cc1nn(C)c(C)c1CN1CCN(C2CCOCC2)C[C@H](C(N)=O)C1. The molecule has 2 fully saturated rings. The molecule has 0 aliphatic carbocycles. The second-order valence-electron chi connectivity index (χ2n) is 7.45. The lowest BCUT2D eigenvalue weighted by Gasteiger charge is -2.34. The lowest BCUT2D eigenvalue weighted by molar-refractivity contribution is -0.122. The van der Waals surface area contributed by atoms with Gasteiger partial charge >= 0.3 is 0 Å². The van der Waals surface area contributed by atoms with E-state index in [9.17, 15) is 4.79 Å². The van der Waals surface area contributed by atoms with Crippen molar-refractivity contribution in [1.29, 1.82) is 0 Å². The van der Waals surface area contributed by atoms with Crippen LogP contribution in [-0.2, 0) is 23.1 Å². The molecule has 1 aromatic rings. The number of aryl methyl sites for hydroxylation is 2. The predicted octanol–water partition coefficient (Wildman–Crippen LogP) is 0.435. The summed E-state index contributed by atoms with van der Waals surface area (Å²) in [7, 11) is 1.98. The van der Waals surface area contributed by atoms with Gasteiger partial charge in [-0.3, -0.25) is 19.3 Å². The molecule has 0 aromatic carbocycles. The largest absolute Gasteiger partial charge is 0.381 e. The maximum atomic E-state index is 12.0. The molecule has 0 saturated carbocycles. The topological polar surface area (TPSA) is 76.6 Å². The minimum Gasteiger partial charge on any atom is -0.381 e. The van der Waals surface area contributed by atoms with E-state index in [1.807, 2.05) is 11.7 Å². The van der Waals surface area contributed by atoms with Crippen LogP contribution >= 0.6 is 0 Å². The van der Waals surface area contributed by atoms with E-state index < -0.39 is 0 Å². The van der Waals surface area contributed by atoms with Gasteiger partial charge in [-0.15, -0.1) is 0 Å². The van der Waals surface area contributed by atoms with Gasteiger partial charge in [-0.05, 0) is 26.7 Å². The van der Waals surface area contributed by atoms with Crippen molar-refractivity contribution in [3.05, 3.63) is 17.0 Å². The predicted molar refractivity (Wildman–Crippen MR) is 96.1 cm³/mol. The Morgan fingerprint density at radius 3 is 2.56 bits per heavy atom. The average Bonchev–Trinajstić information content (AvgIpc) is 2.78. The van der Waals surface area contributed by atoms with E-state index in [2.05, 4.69) is 28.7 Å². The molecule has 0 spiro atoms. The zero-order chi connectivity index (χ0) is 18.0. The van der Waals surface area contributed by atoms with Crippen LogP contribution in [0.2, 0.25) is 0 Å². The van der Waals surface area contributed by atoms with E-state index in [4.69, 9.17) is 10.5 Å². The number of carbonyl (C=O) groups is 1. The first-order valence-corrected chi connectivity index (χ1v) is 9.28. The van der Waals surface area contributed by atoms with Crippen LogP contribution in [0.25, 0.3) is 0 Å². The van der Waals surface area contributed by atoms with Gasteiger partial charge in [0.25, 0.3) is 0 Å². The summed E-state index contributed by atoms with van der Waals surface area (Å²) in [5.41, 5.74) is 9.25. The molecule has 2 aliphatic rings. The van der Waals surface area contributed by atoms with Crippen LogP contribution < -0.4 is 5.73 Å². The van der Waals surface area contributed by atoms with Gasteiger partial charge in [-0.2, -0.15) is 5.10 Å². The maximum Gasteiger partial charge on any atom is 0.223 e. The highest BCUT2D eigenvalue weighted by Crippen LogP contribution is 2.21. The van der Waals surface area contributed by atoms with Gasteiger partial charge in [0.2, 0.25) is 5.91 Å². The molecule has 3 heterocycles. The second kappa shape index (κ2) is 7.85. The van der Waals surface area contributed by atoms with Crippen molar-refractivity contribution in [3.8, 4) is 0 Å². The van der Waals surface area contributed by atoms with Crippen molar-refractivity contribution in [1.82, 2.24) is 19.6 Å². The van der Waals surface area contributed by atoms with Crippen LogP contribution in [0, 0.1) is 19.8 Å². The molecule has 1 amide bonds. The molecule has 0 bridgehead atoms. The average molecular weight is 349 g/mol. The molecule has 2 saturated heterocycles. The fourth-order valence-electron chi connectivity index (χ4n) is 4.08. The Hall–Kier alpha value is -1.44. The fraction of sp³-hybridized carbons (Fsp3) is 0.778. The van der Waals surface area contributed by atoms with Crippen LogP contribution in [0.15, 0.2) is 0 Å². The first-order chi connectivity index (χ1) is 12.0. The van der Waals surface area contributed by atoms with E-state index in [-0.39, 0.29) is 11.8 Å². The first kappa shape index (κ1) is 18.4. The molecule has 7 nitrogen and oxygen atoms in total. The summed E-state index contributed by atoms with van der Waals surface area (Å²) in [6, 6.07) is 0.511. The van der Waals surface area contributed by atoms with Crippen molar-refractivity contribution < 1.29 is 9.53 Å². The van der Waals surface area contributed by atoms with E-state index >= 15 is 0 Å². The number of primary amides is 1. The molecule has 2 aliphatic heterocycles. The van der Waals surface area contributed by atoms with Crippen LogP contribution in [0.5, 0.6) is 0 Å². The number of nitrogens with two attached hydrogens (primary N) is 1. The number of aromatic nitrogens is 2. The third-order valence-electron chi connectivity index (χ3n) is 5.79. The summed E-state index contributed by atoms with van der Waals surface area (Å²) in [5, 5.41) is 4.52. The highest BCUT2D eigenvalue weighted by Gasteiger charge is 2.31. The van der Waals surface area contributed by atoms with Gasteiger partial charge in [-0.1, -0.05) is 0 Å². The highest BCUT2D eigenvalue weighted by molar-refractivity contribution is 5.77. The van der Waals surface area contributed by atoms with E-state index in [0.29, 0.717) is 6.04 Å². The summed E-state index contributed by atoms with van der Waals surface area (Å²) >= 11 is 0. The van der Waals surface area contributed by atoms with E-state index in [1.54, 1.807) is 0 Å². The highest BCUT2D eigenvalue weighted by atomic mass is 16.5. The number of rotatable bonds is 4. The zero-order valence-corrected chi connectivity index (χ0v) is 15.7. The molecule has 2 N–H and O–H groups in total. The molecule has 3 rings (SSSR count). The smallest absolute Gasteiger partial charge is 0.223 e. The van der Waals surface area contributed by atoms with Gasteiger partial charge < -0.3 is 10.5 Å². The molecule has 0 radical (unpaired) electrons. The molecule has 140 valence electrons. The molecule has 7 heteroatoms. The summed E-state index contributed by atoms with van der Waals surface area (Å²) in [5.74, 6) is -0.314. The lowest BCUT2D eigenvalue weighted by Crippen LogP contribution is -2.44. The molecule has 0 unspecified atom stereocenters. The summed E-state index contributed by atoms with van der Waals surface area (Å²) in [4.78, 5) is 16.8. The van der Waals surface area contributed by atoms with Crippen molar-refractivity contribution in [2.75, 3.05) is 39.4 Å². The minimum absolute atomic E-state index is 0.123. The van der Waals surface area contributed by atoms with Crippen LogP contribution in [0.3, 0.4) is 0 Å². The number of ether oxygens (including phenoxy) is 1. The van der Waals surface area contributed by atoms with Gasteiger partial charge in [0, 0.05) is 70.3 Å². The van der Waals surface area contributed by atoms with E-state index in [0.717, 1.165) is 64.5 Å². The summed E-state index contributed by atoms with van der Waals surface area (Å²) < 4.78 is 7.42. The molecule has 1 atom stereocenters. The number of carbonyl (C=O) groups excluding carboxylic acids is 1. The Labute approximate surface area is 150 Å². The van der Waals surface area contributed by atoms with Gasteiger partial charge in [-0.25, -0.2) is 0 Å². The standard InChI is InChI=1S/C18H31N5O2/c1-13-17(14(2)21(3)20-13)12-22-6-7-23(11-15(10-22)18(19)24)16-4-8-25-9-5-16/h15-16H,4-12H2,1-3H3,(H2,19,24)/t15-/m1/s1. The van der Waals surface area contributed by atoms with Gasteiger partial charge in [0.15, 0.2) is 0 Å². The molecular weight excluding hydrogens is 318 g/mol. The third-order valence-corrected chi connectivity index (χ3v) is 5.79. The van der Waals surface area contributed by atoms with Crippen LogP contribution in [-0.4, -0.2) is 70.9 Å². The zero-order valence-electron chi connectivity index (χ0n) is 15.7. The minimum atomic E-state index is -0.191. The Balaban J connectivity index is 1.72. The van der Waals surface area contributed by atoms with Crippen LogP contribution in [0.4, 0.5) is 0 Å². The number of hydrogen-bond donors (Lipinski definition) is 1. The Kier molecular flexibility index (Phi) is 5.76. The Morgan fingerprint density at radius 1 is 1.24 bits per heavy atom.